The molecule has 0 aromatic heterocycles. The lowest BCUT2D eigenvalue weighted by molar-refractivity contribution is 0.628. The van der Waals surface area contributed by atoms with E-state index in [4.69, 9.17) is 5.26 Å². The van der Waals surface area contributed by atoms with Gasteiger partial charge in [-0.2, -0.15) is 5.26 Å². The smallest absolute Gasteiger partial charge is 0.123 e. The molecular weight excluding hydrogens is 251 g/mol. The number of hydrogen-bond donors (Lipinski definition) is 0. The molecule has 0 aliphatic heterocycles. The van der Waals surface area contributed by atoms with Gasteiger partial charge in [-0.25, -0.2) is 4.39 Å². The van der Waals surface area contributed by atoms with Gasteiger partial charge in [0.25, 0.3) is 0 Å². The maximum absolute atomic E-state index is 12.9. The van der Waals surface area contributed by atoms with Crippen LogP contribution < -0.4 is 0 Å². The number of halogens is 1. The molecule has 0 bridgehead atoms. The molecule has 0 unspecified atom stereocenters. The van der Waals surface area contributed by atoms with Gasteiger partial charge >= 0.3 is 0 Å². The van der Waals surface area contributed by atoms with E-state index in [1.807, 2.05) is 31.2 Å². The second-order valence-electron chi connectivity index (χ2n) is 4.59. The summed E-state index contributed by atoms with van der Waals surface area (Å²) < 4.78 is 12.9. The number of aliphatic imine (C=N–C) groups is 1. The average molecular weight is 266 g/mol. The Kier molecular flexibility index (Phi) is 4.62. The standard InChI is InChI=1S/C17H15FN2/c1-13-2-4-14(5-3-13)12-20-17(10-11-19)15-6-8-16(18)9-7-15/h2-9H,10,12H2,1H3. The number of aryl methyl sites for hydroxylation is 1. The van der Waals surface area contributed by atoms with Crippen molar-refractivity contribution in [3.8, 4) is 6.07 Å². The summed E-state index contributed by atoms with van der Waals surface area (Å²) >= 11 is 0. The Morgan fingerprint density at radius 1 is 1.10 bits per heavy atom. The number of rotatable bonds is 4. The molecule has 0 amide bonds. The minimum atomic E-state index is -0.288. The lowest BCUT2D eigenvalue weighted by Gasteiger charge is -2.04. The van der Waals surface area contributed by atoms with Crippen molar-refractivity contribution in [1.82, 2.24) is 0 Å². The highest BCUT2D eigenvalue weighted by Gasteiger charge is 2.03. The van der Waals surface area contributed by atoms with E-state index in [9.17, 15) is 4.39 Å². The molecule has 2 rings (SSSR count). The molecule has 2 aromatic carbocycles. The van der Waals surface area contributed by atoms with E-state index in [-0.39, 0.29) is 12.2 Å². The van der Waals surface area contributed by atoms with Crippen LogP contribution in [-0.4, -0.2) is 5.71 Å². The fraction of sp³-hybridized carbons (Fsp3) is 0.176. The van der Waals surface area contributed by atoms with Gasteiger partial charge in [0, 0.05) is 0 Å². The fourth-order valence-electron chi connectivity index (χ4n) is 1.85. The Labute approximate surface area is 118 Å². The molecule has 0 atom stereocenters. The first-order chi connectivity index (χ1) is 9.69. The van der Waals surface area contributed by atoms with Crippen LogP contribution in [-0.2, 0) is 6.54 Å². The van der Waals surface area contributed by atoms with Crippen molar-refractivity contribution in [3.05, 3.63) is 71.0 Å². The van der Waals surface area contributed by atoms with Gasteiger partial charge in [-0.15, -0.1) is 0 Å². The van der Waals surface area contributed by atoms with Crippen LogP contribution in [0.2, 0.25) is 0 Å². The monoisotopic (exact) mass is 266 g/mol. The van der Waals surface area contributed by atoms with Crippen molar-refractivity contribution < 1.29 is 4.39 Å². The molecule has 0 heterocycles. The van der Waals surface area contributed by atoms with Crippen LogP contribution in [0.3, 0.4) is 0 Å². The molecule has 0 saturated carbocycles. The summed E-state index contributed by atoms with van der Waals surface area (Å²) in [5, 5.41) is 8.88. The van der Waals surface area contributed by atoms with Gasteiger partial charge < -0.3 is 0 Å². The molecule has 2 aromatic rings. The van der Waals surface area contributed by atoms with Crippen LogP contribution in [0.4, 0.5) is 4.39 Å². The molecule has 0 radical (unpaired) electrons. The number of nitrogens with zero attached hydrogens (tertiary/aromatic N) is 2. The predicted molar refractivity (Wildman–Crippen MR) is 78.1 cm³/mol. The van der Waals surface area contributed by atoms with Gasteiger partial charge in [0.1, 0.15) is 5.82 Å². The van der Waals surface area contributed by atoms with E-state index >= 15 is 0 Å². The highest BCUT2D eigenvalue weighted by molar-refractivity contribution is 6.01. The zero-order chi connectivity index (χ0) is 14.4. The second-order valence-corrected chi connectivity index (χ2v) is 4.59. The molecular formula is C17H15FN2. The van der Waals surface area contributed by atoms with Crippen LogP contribution in [0.5, 0.6) is 0 Å². The van der Waals surface area contributed by atoms with E-state index in [0.717, 1.165) is 11.1 Å². The first kappa shape index (κ1) is 14.0. The molecule has 3 heteroatoms. The van der Waals surface area contributed by atoms with E-state index in [1.54, 1.807) is 12.1 Å². The fourth-order valence-corrected chi connectivity index (χ4v) is 1.85. The van der Waals surface area contributed by atoms with E-state index < -0.39 is 0 Å². The van der Waals surface area contributed by atoms with Gasteiger partial charge in [-0.1, -0.05) is 42.0 Å². The highest BCUT2D eigenvalue weighted by Crippen LogP contribution is 2.10. The van der Waals surface area contributed by atoms with Gasteiger partial charge in [0.05, 0.1) is 24.7 Å². The van der Waals surface area contributed by atoms with Crippen LogP contribution in [0.25, 0.3) is 0 Å². The van der Waals surface area contributed by atoms with Crippen molar-refractivity contribution >= 4 is 5.71 Å². The minimum absolute atomic E-state index is 0.220. The van der Waals surface area contributed by atoms with Crippen molar-refractivity contribution in [3.63, 3.8) is 0 Å². The van der Waals surface area contributed by atoms with Gasteiger partial charge in [0.2, 0.25) is 0 Å². The molecule has 100 valence electrons. The minimum Gasteiger partial charge on any atom is -0.283 e. The predicted octanol–water partition coefficient (Wildman–Crippen LogP) is 4.04. The number of benzene rings is 2. The summed E-state index contributed by atoms with van der Waals surface area (Å²) in [5.41, 5.74) is 3.77. The van der Waals surface area contributed by atoms with Gasteiger partial charge in [-0.3, -0.25) is 4.99 Å². The van der Waals surface area contributed by atoms with Crippen LogP contribution in [0, 0.1) is 24.1 Å². The Morgan fingerprint density at radius 2 is 1.75 bits per heavy atom. The third kappa shape index (κ3) is 3.76. The second kappa shape index (κ2) is 6.63. The van der Waals surface area contributed by atoms with Crippen molar-refractivity contribution in [1.29, 1.82) is 5.26 Å². The summed E-state index contributed by atoms with van der Waals surface area (Å²) in [5.74, 6) is -0.288. The normalized spacial score (nSPS) is 11.2. The topological polar surface area (TPSA) is 36.1 Å². The van der Waals surface area contributed by atoms with Crippen molar-refractivity contribution in [2.24, 2.45) is 4.99 Å². The first-order valence-electron chi connectivity index (χ1n) is 6.41. The maximum Gasteiger partial charge on any atom is 0.123 e. The van der Waals surface area contributed by atoms with E-state index in [1.165, 1.54) is 17.7 Å². The molecule has 20 heavy (non-hydrogen) atoms. The first-order valence-corrected chi connectivity index (χ1v) is 6.41. The number of nitriles is 1. The zero-order valence-electron chi connectivity index (χ0n) is 11.3. The summed E-state index contributed by atoms with van der Waals surface area (Å²) in [4.78, 5) is 4.48. The largest absolute Gasteiger partial charge is 0.283 e. The SMILES string of the molecule is Cc1ccc(CN=C(CC#N)c2ccc(F)cc2)cc1. The molecule has 0 spiro atoms. The molecule has 2 nitrogen and oxygen atoms in total. The number of hydrogen-bond acceptors (Lipinski definition) is 2. The summed E-state index contributed by atoms with van der Waals surface area (Å²) in [6, 6.07) is 16.3. The summed E-state index contributed by atoms with van der Waals surface area (Å²) in [6.45, 7) is 2.56. The molecule has 0 aliphatic carbocycles. The van der Waals surface area contributed by atoms with Gasteiger partial charge in [-0.05, 0) is 30.2 Å². The Hall–Kier alpha value is -2.47. The summed E-state index contributed by atoms with van der Waals surface area (Å²) in [6.07, 6.45) is 0.220. The molecule has 0 N–H and O–H groups in total. The maximum atomic E-state index is 12.9. The van der Waals surface area contributed by atoms with Crippen LogP contribution in [0.15, 0.2) is 53.5 Å². The quantitative estimate of drug-likeness (QED) is 0.769. The van der Waals surface area contributed by atoms with Crippen molar-refractivity contribution in [2.75, 3.05) is 0 Å². The Balaban J connectivity index is 2.19. The lowest BCUT2D eigenvalue weighted by atomic mass is 10.1. The molecule has 0 saturated heterocycles. The third-order valence-electron chi connectivity index (χ3n) is 3.00. The summed E-state index contributed by atoms with van der Waals surface area (Å²) in [7, 11) is 0. The Morgan fingerprint density at radius 3 is 2.35 bits per heavy atom. The highest BCUT2D eigenvalue weighted by atomic mass is 19.1. The molecule has 0 fully saturated rings. The van der Waals surface area contributed by atoms with Gasteiger partial charge in [0.15, 0.2) is 0 Å². The van der Waals surface area contributed by atoms with E-state index in [0.29, 0.717) is 12.3 Å². The Bertz CT molecular complexity index is 634. The molecule has 0 aliphatic rings. The van der Waals surface area contributed by atoms with Crippen LogP contribution >= 0.6 is 0 Å². The van der Waals surface area contributed by atoms with Crippen molar-refractivity contribution in [2.45, 2.75) is 19.9 Å². The van der Waals surface area contributed by atoms with E-state index in [2.05, 4.69) is 11.1 Å². The average Bonchev–Trinajstić information content (AvgIpc) is 2.46. The third-order valence-corrected chi connectivity index (χ3v) is 3.00. The lowest BCUT2D eigenvalue weighted by Crippen LogP contribution is -2.01. The van der Waals surface area contributed by atoms with Crippen LogP contribution in [0.1, 0.15) is 23.1 Å². The zero-order valence-corrected chi connectivity index (χ0v) is 11.3.